The number of hydrogen-bond donors (Lipinski definition) is 2. The number of carbonyl (C=O) groups is 2. The highest BCUT2D eigenvalue weighted by Gasteiger charge is 2.18. The molecule has 0 radical (unpaired) electrons. The smallest absolute Gasteiger partial charge is 0.329 e. The minimum atomic E-state index is -0.820. The van der Waals surface area contributed by atoms with Crippen molar-refractivity contribution in [1.29, 1.82) is 0 Å². The first-order chi connectivity index (χ1) is 14.1. The largest absolute Gasteiger partial charge is 0.489 e. The Bertz CT molecular complexity index is 864. The van der Waals surface area contributed by atoms with Crippen molar-refractivity contribution < 1.29 is 19.1 Å². The Morgan fingerprint density at radius 1 is 1.17 bits per heavy atom. The molecular weight excluding hydrogens is 394 g/mol. The summed E-state index contributed by atoms with van der Waals surface area (Å²) in [7, 11) is 0. The highest BCUT2D eigenvalue weighted by Crippen LogP contribution is 2.18. The number of carbonyl (C=O) groups excluding carboxylic acids is 2. The number of halogens is 1. The standard InChI is InChI=1S/C21H22ClN3O4/c22-19-6-2-1-4-16(19)14-29-17-9-7-15(8-10-17)12-24-25-21(27)20(26)23-13-18-5-3-11-28-18/h1-2,4,6-10,12,18H,3,5,11,13-14H2,(H,23,26)(H,25,27). The molecule has 8 heteroatoms. The van der Waals surface area contributed by atoms with Crippen LogP contribution in [-0.2, 0) is 20.9 Å². The second-order valence-electron chi connectivity index (χ2n) is 6.49. The molecule has 0 saturated carbocycles. The lowest BCUT2D eigenvalue weighted by Crippen LogP contribution is -2.41. The Hall–Kier alpha value is -2.90. The van der Waals surface area contributed by atoms with Crippen molar-refractivity contribution in [3.63, 3.8) is 0 Å². The average Bonchev–Trinajstić information content (AvgIpc) is 3.26. The van der Waals surface area contributed by atoms with E-state index in [1.807, 2.05) is 24.3 Å². The maximum Gasteiger partial charge on any atom is 0.329 e. The van der Waals surface area contributed by atoms with Crippen LogP contribution in [0.3, 0.4) is 0 Å². The number of nitrogens with zero attached hydrogens (tertiary/aromatic N) is 1. The molecule has 152 valence electrons. The van der Waals surface area contributed by atoms with Gasteiger partial charge in [-0.15, -0.1) is 0 Å². The van der Waals surface area contributed by atoms with Crippen molar-refractivity contribution in [2.45, 2.75) is 25.6 Å². The van der Waals surface area contributed by atoms with Crippen molar-refractivity contribution in [2.24, 2.45) is 5.10 Å². The van der Waals surface area contributed by atoms with Crippen LogP contribution in [0, 0.1) is 0 Å². The number of amides is 2. The summed E-state index contributed by atoms with van der Waals surface area (Å²) in [4.78, 5) is 23.5. The van der Waals surface area contributed by atoms with Crippen molar-refractivity contribution in [1.82, 2.24) is 10.7 Å². The number of hydrazone groups is 1. The predicted octanol–water partition coefficient (Wildman–Crippen LogP) is 2.66. The lowest BCUT2D eigenvalue weighted by atomic mass is 10.2. The first-order valence-electron chi connectivity index (χ1n) is 9.31. The third-order valence-electron chi connectivity index (χ3n) is 4.33. The summed E-state index contributed by atoms with van der Waals surface area (Å²) in [6, 6.07) is 14.6. The highest BCUT2D eigenvalue weighted by atomic mass is 35.5. The summed E-state index contributed by atoms with van der Waals surface area (Å²) in [6.45, 7) is 1.39. The monoisotopic (exact) mass is 415 g/mol. The van der Waals surface area contributed by atoms with Crippen LogP contribution in [0.25, 0.3) is 0 Å². The average molecular weight is 416 g/mol. The van der Waals surface area contributed by atoms with Crippen LogP contribution < -0.4 is 15.5 Å². The molecule has 1 aliphatic heterocycles. The first-order valence-corrected chi connectivity index (χ1v) is 9.69. The van der Waals surface area contributed by atoms with Crippen molar-refractivity contribution >= 4 is 29.6 Å². The van der Waals surface area contributed by atoms with Gasteiger partial charge in [-0.2, -0.15) is 5.10 Å². The number of benzene rings is 2. The van der Waals surface area contributed by atoms with Crippen LogP contribution in [0.2, 0.25) is 5.02 Å². The minimum Gasteiger partial charge on any atom is -0.489 e. The molecular formula is C21H22ClN3O4. The molecule has 1 unspecified atom stereocenters. The van der Waals surface area contributed by atoms with Gasteiger partial charge in [-0.3, -0.25) is 9.59 Å². The van der Waals surface area contributed by atoms with E-state index in [-0.39, 0.29) is 6.10 Å². The summed E-state index contributed by atoms with van der Waals surface area (Å²) in [5.41, 5.74) is 3.85. The fourth-order valence-corrected chi connectivity index (χ4v) is 2.93. The molecule has 2 N–H and O–H groups in total. The van der Waals surface area contributed by atoms with Crippen LogP contribution in [0.15, 0.2) is 53.6 Å². The molecule has 2 aromatic carbocycles. The van der Waals surface area contributed by atoms with Gasteiger partial charge in [0.25, 0.3) is 0 Å². The lowest BCUT2D eigenvalue weighted by molar-refractivity contribution is -0.139. The quantitative estimate of drug-likeness (QED) is 0.413. The Morgan fingerprint density at radius 3 is 2.69 bits per heavy atom. The number of rotatable bonds is 7. The number of ether oxygens (including phenoxy) is 2. The summed E-state index contributed by atoms with van der Waals surface area (Å²) in [6.07, 6.45) is 3.29. The molecule has 0 spiro atoms. The van der Waals surface area contributed by atoms with Gasteiger partial charge < -0.3 is 14.8 Å². The van der Waals surface area contributed by atoms with Gasteiger partial charge >= 0.3 is 11.8 Å². The molecule has 1 heterocycles. The zero-order chi connectivity index (χ0) is 20.5. The second-order valence-corrected chi connectivity index (χ2v) is 6.90. The van der Waals surface area contributed by atoms with Gasteiger partial charge in [-0.25, -0.2) is 5.43 Å². The van der Waals surface area contributed by atoms with E-state index in [0.29, 0.717) is 30.5 Å². The molecule has 29 heavy (non-hydrogen) atoms. The van der Waals surface area contributed by atoms with E-state index in [4.69, 9.17) is 21.1 Å². The van der Waals surface area contributed by atoms with Crippen LogP contribution in [0.5, 0.6) is 5.75 Å². The summed E-state index contributed by atoms with van der Waals surface area (Å²) < 4.78 is 11.1. The molecule has 2 amide bonds. The van der Waals surface area contributed by atoms with Crippen molar-refractivity contribution in [3.8, 4) is 5.75 Å². The molecule has 1 saturated heterocycles. The minimum absolute atomic E-state index is 0.0195. The number of hydrogen-bond acceptors (Lipinski definition) is 5. The highest BCUT2D eigenvalue weighted by molar-refractivity contribution is 6.35. The summed E-state index contributed by atoms with van der Waals surface area (Å²) >= 11 is 6.11. The van der Waals surface area contributed by atoms with Gasteiger partial charge in [-0.05, 0) is 48.7 Å². The fraction of sp³-hybridized carbons (Fsp3) is 0.286. The van der Waals surface area contributed by atoms with E-state index in [9.17, 15) is 9.59 Å². The van der Waals surface area contributed by atoms with Gasteiger partial charge in [0, 0.05) is 23.7 Å². The van der Waals surface area contributed by atoms with E-state index in [1.165, 1.54) is 6.21 Å². The molecule has 7 nitrogen and oxygen atoms in total. The van der Waals surface area contributed by atoms with Gasteiger partial charge in [0.05, 0.1) is 12.3 Å². The lowest BCUT2D eigenvalue weighted by Gasteiger charge is -2.09. The van der Waals surface area contributed by atoms with Crippen LogP contribution in [-0.4, -0.2) is 37.3 Å². The molecule has 2 aromatic rings. The summed E-state index contributed by atoms with van der Waals surface area (Å²) in [5, 5.41) is 7.00. The van der Waals surface area contributed by atoms with E-state index < -0.39 is 11.8 Å². The van der Waals surface area contributed by atoms with Crippen LogP contribution in [0.4, 0.5) is 0 Å². The van der Waals surface area contributed by atoms with Crippen molar-refractivity contribution in [3.05, 3.63) is 64.7 Å². The summed E-state index contributed by atoms with van der Waals surface area (Å²) in [5.74, 6) is -0.875. The number of nitrogens with one attached hydrogen (secondary N) is 2. The van der Waals surface area contributed by atoms with E-state index >= 15 is 0 Å². The van der Waals surface area contributed by atoms with E-state index in [1.54, 1.807) is 24.3 Å². The van der Waals surface area contributed by atoms with Gasteiger partial charge in [0.1, 0.15) is 12.4 Å². The van der Waals surface area contributed by atoms with Gasteiger partial charge in [-0.1, -0.05) is 29.8 Å². The maximum absolute atomic E-state index is 11.7. The molecule has 3 rings (SSSR count). The third-order valence-corrected chi connectivity index (χ3v) is 4.70. The zero-order valence-corrected chi connectivity index (χ0v) is 16.5. The Labute approximate surface area is 174 Å². The maximum atomic E-state index is 11.7. The van der Waals surface area contributed by atoms with Gasteiger partial charge in [0.15, 0.2) is 0 Å². The second kappa shape index (κ2) is 10.6. The molecule has 0 aliphatic carbocycles. The van der Waals surface area contributed by atoms with Gasteiger partial charge in [0.2, 0.25) is 0 Å². The molecule has 0 bridgehead atoms. The molecule has 1 atom stereocenters. The molecule has 0 aromatic heterocycles. The first kappa shape index (κ1) is 20.8. The Kier molecular flexibility index (Phi) is 7.61. The normalized spacial score (nSPS) is 16.0. The Morgan fingerprint density at radius 2 is 1.97 bits per heavy atom. The van der Waals surface area contributed by atoms with E-state index in [0.717, 1.165) is 24.0 Å². The van der Waals surface area contributed by atoms with Crippen LogP contribution >= 0.6 is 11.6 Å². The molecule has 1 fully saturated rings. The topological polar surface area (TPSA) is 89.0 Å². The van der Waals surface area contributed by atoms with Crippen molar-refractivity contribution in [2.75, 3.05) is 13.2 Å². The third kappa shape index (κ3) is 6.58. The molecule has 1 aliphatic rings. The fourth-order valence-electron chi connectivity index (χ4n) is 2.74. The predicted molar refractivity (Wildman–Crippen MR) is 110 cm³/mol. The Balaban J connectivity index is 1.41. The SMILES string of the molecule is O=C(NCC1CCCO1)C(=O)NN=Cc1ccc(OCc2ccccc2Cl)cc1. The zero-order valence-electron chi connectivity index (χ0n) is 15.8. The van der Waals surface area contributed by atoms with E-state index in [2.05, 4.69) is 15.8 Å². The van der Waals surface area contributed by atoms with Crippen LogP contribution in [0.1, 0.15) is 24.0 Å².